The van der Waals surface area contributed by atoms with Crippen molar-refractivity contribution >= 4 is 12.0 Å². The maximum Gasteiger partial charge on any atom is 0.440 e. The zero-order valence-electron chi connectivity index (χ0n) is 4.33. The largest absolute Gasteiger partial charge is 0.463 e. The van der Waals surface area contributed by atoms with E-state index in [-0.39, 0.29) is 11.6 Å². The van der Waals surface area contributed by atoms with Crippen molar-refractivity contribution < 1.29 is 19.6 Å². The zero-order valence-corrected chi connectivity index (χ0v) is 4.33. The second-order valence-corrected chi connectivity index (χ2v) is 1.38. The van der Waals surface area contributed by atoms with Gasteiger partial charge in [-0.15, -0.1) is 0 Å². The molecule has 9 heavy (non-hydrogen) atoms. The molecule has 1 aliphatic rings. The summed E-state index contributed by atoms with van der Waals surface area (Å²) in [6.45, 7) is -0.0910. The second kappa shape index (κ2) is 2.00. The van der Waals surface area contributed by atoms with E-state index in [9.17, 15) is 9.59 Å². The smallest absolute Gasteiger partial charge is 0.440 e. The van der Waals surface area contributed by atoms with Gasteiger partial charge in [-0.1, -0.05) is 5.06 Å². The minimum Gasteiger partial charge on any atom is -0.463 e. The fourth-order valence-corrected chi connectivity index (χ4v) is 0.427. The Labute approximate surface area is 49.9 Å². The highest BCUT2D eigenvalue weighted by Crippen LogP contribution is 1.95. The highest BCUT2D eigenvalue weighted by Gasteiger charge is 2.27. The van der Waals surface area contributed by atoms with E-state index in [0.29, 0.717) is 0 Å². The highest BCUT2D eigenvalue weighted by atomic mass is 16.8. The molecule has 1 aliphatic heterocycles. The van der Waals surface area contributed by atoms with Crippen LogP contribution in [-0.4, -0.2) is 28.7 Å². The second-order valence-electron chi connectivity index (χ2n) is 1.38. The normalized spacial score (nSPS) is 18.7. The van der Waals surface area contributed by atoms with Gasteiger partial charge >= 0.3 is 6.09 Å². The molecule has 0 radical (unpaired) electrons. The number of amides is 2. The SMILES string of the molecule is O=C(O)N1ONCC1=O. The molecule has 50 valence electrons. The molecule has 0 aromatic carbocycles. The number of carbonyl (C=O) groups is 2. The van der Waals surface area contributed by atoms with Crippen molar-refractivity contribution in [2.45, 2.75) is 0 Å². The van der Waals surface area contributed by atoms with Crippen LogP contribution in [0.4, 0.5) is 4.79 Å². The van der Waals surface area contributed by atoms with Gasteiger partial charge in [-0.2, -0.15) is 10.4 Å². The molecule has 6 heteroatoms. The van der Waals surface area contributed by atoms with Gasteiger partial charge in [0.05, 0.1) is 0 Å². The summed E-state index contributed by atoms with van der Waals surface area (Å²) in [7, 11) is 0. The third kappa shape index (κ3) is 0.980. The van der Waals surface area contributed by atoms with Gasteiger partial charge in [0, 0.05) is 0 Å². The molecule has 2 amide bonds. The van der Waals surface area contributed by atoms with E-state index in [2.05, 4.69) is 10.4 Å². The van der Waals surface area contributed by atoms with Gasteiger partial charge in [-0.25, -0.2) is 4.79 Å². The van der Waals surface area contributed by atoms with Gasteiger partial charge in [0.15, 0.2) is 0 Å². The minimum absolute atomic E-state index is 0.0910. The number of imide groups is 1. The summed E-state index contributed by atoms with van der Waals surface area (Å²) >= 11 is 0. The average molecular weight is 132 g/mol. The highest BCUT2D eigenvalue weighted by molar-refractivity contribution is 5.91. The predicted molar refractivity (Wildman–Crippen MR) is 24.0 cm³/mol. The van der Waals surface area contributed by atoms with Gasteiger partial charge < -0.3 is 5.11 Å². The van der Waals surface area contributed by atoms with Crippen molar-refractivity contribution in [3.05, 3.63) is 0 Å². The van der Waals surface area contributed by atoms with Crippen LogP contribution >= 0.6 is 0 Å². The first-order valence-electron chi connectivity index (χ1n) is 2.17. The monoisotopic (exact) mass is 132 g/mol. The van der Waals surface area contributed by atoms with Gasteiger partial charge in [0.1, 0.15) is 6.54 Å². The van der Waals surface area contributed by atoms with Gasteiger partial charge in [-0.05, 0) is 0 Å². The molecule has 1 fully saturated rings. The third-order valence-corrected chi connectivity index (χ3v) is 0.779. The number of hydrogen-bond donors (Lipinski definition) is 2. The number of nitrogens with one attached hydrogen (secondary N) is 1. The van der Waals surface area contributed by atoms with Crippen LogP contribution in [0.15, 0.2) is 0 Å². The van der Waals surface area contributed by atoms with Crippen molar-refractivity contribution in [1.29, 1.82) is 0 Å². The van der Waals surface area contributed by atoms with Crippen LogP contribution in [0.1, 0.15) is 0 Å². The molecule has 0 aromatic rings. The Morgan fingerprint density at radius 3 is 2.78 bits per heavy atom. The van der Waals surface area contributed by atoms with Crippen molar-refractivity contribution in [2.75, 3.05) is 6.54 Å². The Morgan fingerprint density at radius 2 is 2.56 bits per heavy atom. The first-order chi connectivity index (χ1) is 4.22. The van der Waals surface area contributed by atoms with E-state index in [1.54, 1.807) is 0 Å². The molecule has 0 atom stereocenters. The van der Waals surface area contributed by atoms with E-state index >= 15 is 0 Å². The molecular weight excluding hydrogens is 128 g/mol. The molecule has 0 aromatic heterocycles. The summed E-state index contributed by atoms with van der Waals surface area (Å²) in [5.74, 6) is -0.609. The van der Waals surface area contributed by atoms with Crippen LogP contribution in [0, 0.1) is 0 Å². The van der Waals surface area contributed by atoms with Gasteiger partial charge in [-0.3, -0.25) is 4.79 Å². The van der Waals surface area contributed by atoms with E-state index < -0.39 is 12.0 Å². The molecule has 2 N–H and O–H groups in total. The molecule has 1 saturated heterocycles. The van der Waals surface area contributed by atoms with Crippen molar-refractivity contribution in [3.63, 3.8) is 0 Å². The number of hydroxylamine groups is 3. The summed E-state index contributed by atoms with van der Waals surface area (Å²) in [4.78, 5) is 24.5. The van der Waals surface area contributed by atoms with E-state index in [1.165, 1.54) is 0 Å². The van der Waals surface area contributed by atoms with Gasteiger partial charge in [0.25, 0.3) is 5.91 Å². The molecular formula is C3H4N2O4. The maximum absolute atomic E-state index is 10.4. The minimum atomic E-state index is -1.41. The molecule has 1 rings (SSSR count). The fraction of sp³-hybridized carbons (Fsp3) is 0.333. The number of nitrogens with zero attached hydrogens (tertiary/aromatic N) is 1. The Hall–Kier alpha value is -1.14. The summed E-state index contributed by atoms with van der Waals surface area (Å²) in [5.41, 5.74) is 2.10. The number of carbonyl (C=O) groups excluding carboxylic acids is 1. The molecule has 0 saturated carbocycles. The van der Waals surface area contributed by atoms with Crippen LogP contribution in [-0.2, 0) is 9.73 Å². The van der Waals surface area contributed by atoms with E-state index in [0.717, 1.165) is 0 Å². The lowest BCUT2D eigenvalue weighted by Gasteiger charge is -2.02. The molecule has 0 unspecified atom stereocenters. The Bertz CT molecular complexity index is 156. The van der Waals surface area contributed by atoms with Crippen LogP contribution < -0.4 is 5.48 Å². The molecule has 0 spiro atoms. The number of rotatable bonds is 0. The van der Waals surface area contributed by atoms with Crippen LogP contribution in [0.25, 0.3) is 0 Å². The molecule has 1 heterocycles. The topological polar surface area (TPSA) is 78.9 Å². The van der Waals surface area contributed by atoms with Crippen LogP contribution in [0.5, 0.6) is 0 Å². The number of hydrogen-bond acceptors (Lipinski definition) is 4. The summed E-state index contributed by atoms with van der Waals surface area (Å²) in [5, 5.41) is 8.36. The number of carboxylic acid groups (broad SMARTS) is 1. The molecule has 0 bridgehead atoms. The fourth-order valence-electron chi connectivity index (χ4n) is 0.427. The molecule has 6 nitrogen and oxygen atoms in total. The summed E-state index contributed by atoms with van der Waals surface area (Å²) in [6, 6.07) is 0. The van der Waals surface area contributed by atoms with Crippen molar-refractivity contribution in [2.24, 2.45) is 0 Å². The zero-order chi connectivity index (χ0) is 6.85. The first-order valence-corrected chi connectivity index (χ1v) is 2.17. The standard InChI is InChI=1S/C3H4N2O4/c6-2-1-4-9-5(2)3(7)8/h4H,1H2,(H,7,8). The third-order valence-electron chi connectivity index (χ3n) is 0.779. The Balaban J connectivity index is 2.60. The Morgan fingerprint density at radius 1 is 1.89 bits per heavy atom. The Kier molecular flexibility index (Phi) is 1.33. The summed E-state index contributed by atoms with van der Waals surface area (Å²) < 4.78 is 0. The molecule has 0 aliphatic carbocycles. The van der Waals surface area contributed by atoms with E-state index in [1.807, 2.05) is 0 Å². The maximum atomic E-state index is 10.4. The van der Waals surface area contributed by atoms with Crippen molar-refractivity contribution in [3.8, 4) is 0 Å². The first kappa shape index (κ1) is 5.99. The van der Waals surface area contributed by atoms with Crippen LogP contribution in [0.2, 0.25) is 0 Å². The lowest BCUT2D eigenvalue weighted by Crippen LogP contribution is -2.29. The summed E-state index contributed by atoms with van der Waals surface area (Å²) in [6.07, 6.45) is -1.41. The lowest BCUT2D eigenvalue weighted by molar-refractivity contribution is -0.163. The average Bonchev–Trinajstić information content (AvgIpc) is 2.13. The van der Waals surface area contributed by atoms with Crippen molar-refractivity contribution in [1.82, 2.24) is 10.5 Å². The predicted octanol–water partition coefficient (Wildman–Crippen LogP) is -1.06. The van der Waals surface area contributed by atoms with E-state index in [4.69, 9.17) is 5.11 Å². The quantitative estimate of drug-likeness (QED) is 0.439. The van der Waals surface area contributed by atoms with Crippen LogP contribution in [0.3, 0.4) is 0 Å². The lowest BCUT2D eigenvalue weighted by atomic mass is 10.6. The van der Waals surface area contributed by atoms with Gasteiger partial charge in [0.2, 0.25) is 0 Å².